The fourth-order valence-electron chi connectivity index (χ4n) is 2.76. The number of hydrogen-bond donors (Lipinski definition) is 2. The van der Waals surface area contributed by atoms with Crippen molar-refractivity contribution in [2.75, 3.05) is 32.7 Å². The Morgan fingerprint density at radius 3 is 2.71 bits per heavy atom. The van der Waals surface area contributed by atoms with Crippen LogP contribution in [0.1, 0.15) is 33.1 Å². The van der Waals surface area contributed by atoms with E-state index in [9.17, 15) is 4.79 Å². The highest BCUT2D eigenvalue weighted by atomic mass is 16.2. The third-order valence-electron chi connectivity index (χ3n) is 4.29. The number of hydrogen-bond acceptors (Lipinski definition) is 3. The molecule has 2 aliphatic heterocycles. The van der Waals surface area contributed by atoms with Gasteiger partial charge in [-0.2, -0.15) is 0 Å². The van der Waals surface area contributed by atoms with Gasteiger partial charge in [0.2, 0.25) is 5.91 Å². The van der Waals surface area contributed by atoms with Crippen LogP contribution in [0.3, 0.4) is 0 Å². The zero-order chi connectivity index (χ0) is 12.3. The van der Waals surface area contributed by atoms with Gasteiger partial charge in [-0.15, -0.1) is 0 Å². The van der Waals surface area contributed by atoms with E-state index in [2.05, 4.69) is 29.4 Å². The van der Waals surface area contributed by atoms with E-state index in [1.807, 2.05) is 0 Å². The van der Waals surface area contributed by atoms with Crippen molar-refractivity contribution in [3.8, 4) is 0 Å². The largest absolute Gasteiger partial charge is 0.353 e. The van der Waals surface area contributed by atoms with Gasteiger partial charge in [-0.05, 0) is 39.3 Å². The fraction of sp³-hybridized carbons (Fsp3) is 0.923. The van der Waals surface area contributed by atoms with E-state index in [1.165, 1.54) is 0 Å². The quantitative estimate of drug-likeness (QED) is 0.757. The van der Waals surface area contributed by atoms with E-state index in [0.29, 0.717) is 6.04 Å². The number of nitrogens with one attached hydrogen (secondary N) is 2. The van der Waals surface area contributed by atoms with Crippen molar-refractivity contribution in [3.63, 3.8) is 0 Å². The first-order chi connectivity index (χ1) is 8.14. The topological polar surface area (TPSA) is 44.4 Å². The fourth-order valence-corrected chi connectivity index (χ4v) is 2.76. The van der Waals surface area contributed by atoms with E-state index in [1.54, 1.807) is 0 Å². The van der Waals surface area contributed by atoms with Gasteiger partial charge in [0.05, 0.1) is 5.41 Å². The van der Waals surface area contributed by atoms with Crippen LogP contribution in [0, 0.1) is 5.41 Å². The highest BCUT2D eigenvalue weighted by Crippen LogP contribution is 2.25. The lowest BCUT2D eigenvalue weighted by atomic mass is 9.88. The lowest BCUT2D eigenvalue weighted by Crippen LogP contribution is -2.49. The molecule has 2 aliphatic rings. The number of carbonyl (C=O) groups is 1. The Bertz CT molecular complexity index is 266. The number of likely N-dealkylation sites (tertiary alicyclic amines) is 1. The molecular weight excluding hydrogens is 214 g/mol. The second kappa shape index (κ2) is 5.36. The molecule has 1 unspecified atom stereocenters. The normalized spacial score (nSPS) is 31.6. The first-order valence-corrected chi connectivity index (χ1v) is 6.88. The molecule has 2 saturated heterocycles. The van der Waals surface area contributed by atoms with Crippen LogP contribution in [0.15, 0.2) is 0 Å². The summed E-state index contributed by atoms with van der Waals surface area (Å²) in [6.07, 6.45) is 3.17. The van der Waals surface area contributed by atoms with Gasteiger partial charge in [-0.25, -0.2) is 0 Å². The molecule has 0 radical (unpaired) electrons. The zero-order valence-electron chi connectivity index (χ0n) is 11.1. The first-order valence-electron chi connectivity index (χ1n) is 6.88. The second-order valence-electron chi connectivity index (χ2n) is 5.67. The molecule has 0 saturated carbocycles. The van der Waals surface area contributed by atoms with Crippen molar-refractivity contribution in [2.24, 2.45) is 5.41 Å². The Labute approximate surface area is 104 Å². The van der Waals surface area contributed by atoms with Crippen LogP contribution in [0.2, 0.25) is 0 Å². The van der Waals surface area contributed by atoms with Crippen LogP contribution in [0.25, 0.3) is 0 Å². The molecule has 1 atom stereocenters. The number of piperidine rings is 1. The lowest BCUT2D eigenvalue weighted by Gasteiger charge is -2.33. The first kappa shape index (κ1) is 12.8. The van der Waals surface area contributed by atoms with Gasteiger partial charge in [0.25, 0.3) is 0 Å². The summed E-state index contributed by atoms with van der Waals surface area (Å²) >= 11 is 0. The van der Waals surface area contributed by atoms with E-state index in [0.717, 1.165) is 52.0 Å². The molecule has 4 heteroatoms. The minimum Gasteiger partial charge on any atom is -0.353 e. The van der Waals surface area contributed by atoms with Gasteiger partial charge in [0, 0.05) is 25.7 Å². The van der Waals surface area contributed by atoms with Crippen LogP contribution in [-0.4, -0.2) is 49.6 Å². The minimum atomic E-state index is -0.179. The van der Waals surface area contributed by atoms with Crippen LogP contribution in [0.4, 0.5) is 0 Å². The Balaban J connectivity index is 1.79. The van der Waals surface area contributed by atoms with Crippen molar-refractivity contribution < 1.29 is 4.79 Å². The maximum atomic E-state index is 12.2. The average molecular weight is 239 g/mol. The molecule has 0 aliphatic carbocycles. The van der Waals surface area contributed by atoms with Gasteiger partial charge in [-0.3, -0.25) is 4.79 Å². The molecule has 4 nitrogen and oxygen atoms in total. The molecule has 1 amide bonds. The summed E-state index contributed by atoms with van der Waals surface area (Å²) in [4.78, 5) is 14.7. The summed E-state index contributed by atoms with van der Waals surface area (Å²) < 4.78 is 0. The molecule has 0 aromatic heterocycles. The standard InChI is InChI=1S/C13H25N3O/c1-3-16-8-4-11(5-9-16)15-12(17)13(2)6-7-14-10-13/h11,14H,3-10H2,1-2H3,(H,15,17). The predicted octanol–water partition coefficient (Wildman–Crippen LogP) is 0.587. The van der Waals surface area contributed by atoms with Gasteiger partial charge < -0.3 is 15.5 Å². The smallest absolute Gasteiger partial charge is 0.227 e. The van der Waals surface area contributed by atoms with E-state index < -0.39 is 0 Å². The van der Waals surface area contributed by atoms with Crippen molar-refractivity contribution in [1.29, 1.82) is 0 Å². The summed E-state index contributed by atoms with van der Waals surface area (Å²) in [5.74, 6) is 0.248. The molecule has 2 rings (SSSR count). The van der Waals surface area contributed by atoms with Crippen molar-refractivity contribution >= 4 is 5.91 Å². The summed E-state index contributed by atoms with van der Waals surface area (Å²) in [5.41, 5.74) is -0.179. The Kier molecular flexibility index (Phi) is 4.05. The highest BCUT2D eigenvalue weighted by molar-refractivity contribution is 5.83. The molecule has 0 bridgehead atoms. The third kappa shape index (κ3) is 2.99. The van der Waals surface area contributed by atoms with Crippen molar-refractivity contribution in [1.82, 2.24) is 15.5 Å². The van der Waals surface area contributed by atoms with E-state index in [-0.39, 0.29) is 11.3 Å². The highest BCUT2D eigenvalue weighted by Gasteiger charge is 2.37. The maximum absolute atomic E-state index is 12.2. The maximum Gasteiger partial charge on any atom is 0.227 e. The second-order valence-corrected chi connectivity index (χ2v) is 5.67. The van der Waals surface area contributed by atoms with Crippen molar-refractivity contribution in [2.45, 2.75) is 39.2 Å². The van der Waals surface area contributed by atoms with Gasteiger partial charge in [0.15, 0.2) is 0 Å². The van der Waals surface area contributed by atoms with Gasteiger partial charge >= 0.3 is 0 Å². The van der Waals surface area contributed by atoms with Crippen LogP contribution in [0.5, 0.6) is 0 Å². The summed E-state index contributed by atoms with van der Waals surface area (Å²) in [5, 5.41) is 6.52. The number of nitrogens with zero attached hydrogens (tertiary/aromatic N) is 1. The third-order valence-corrected chi connectivity index (χ3v) is 4.29. The molecule has 98 valence electrons. The van der Waals surface area contributed by atoms with E-state index >= 15 is 0 Å². The van der Waals surface area contributed by atoms with Crippen LogP contribution < -0.4 is 10.6 Å². The van der Waals surface area contributed by atoms with Crippen LogP contribution >= 0.6 is 0 Å². The number of carbonyl (C=O) groups excluding carboxylic acids is 1. The average Bonchev–Trinajstić information content (AvgIpc) is 2.78. The van der Waals surface area contributed by atoms with Crippen LogP contribution in [-0.2, 0) is 4.79 Å². The Morgan fingerprint density at radius 2 is 2.18 bits per heavy atom. The Hall–Kier alpha value is -0.610. The molecule has 0 aromatic carbocycles. The summed E-state index contributed by atoms with van der Waals surface area (Å²) in [6.45, 7) is 9.44. The molecule has 0 spiro atoms. The minimum absolute atomic E-state index is 0.179. The lowest BCUT2D eigenvalue weighted by molar-refractivity contribution is -0.130. The van der Waals surface area contributed by atoms with Gasteiger partial charge in [-0.1, -0.05) is 6.92 Å². The SMILES string of the molecule is CCN1CCC(NC(=O)C2(C)CCNC2)CC1. The Morgan fingerprint density at radius 1 is 1.47 bits per heavy atom. The molecule has 0 aromatic rings. The summed E-state index contributed by atoms with van der Waals surface area (Å²) in [6, 6.07) is 0.391. The molecule has 2 fully saturated rings. The molecule has 2 N–H and O–H groups in total. The van der Waals surface area contributed by atoms with Gasteiger partial charge in [0.1, 0.15) is 0 Å². The predicted molar refractivity (Wildman–Crippen MR) is 68.9 cm³/mol. The molecule has 2 heterocycles. The summed E-state index contributed by atoms with van der Waals surface area (Å²) in [7, 11) is 0. The zero-order valence-corrected chi connectivity index (χ0v) is 11.1. The molecule has 17 heavy (non-hydrogen) atoms. The van der Waals surface area contributed by atoms with E-state index in [4.69, 9.17) is 0 Å². The van der Waals surface area contributed by atoms with Crippen molar-refractivity contribution in [3.05, 3.63) is 0 Å². The number of rotatable bonds is 3. The molecular formula is C13H25N3O. The number of amides is 1. The monoisotopic (exact) mass is 239 g/mol.